The molecule has 0 bridgehead atoms. The minimum atomic E-state index is -1.15. The van der Waals surface area contributed by atoms with Crippen LogP contribution in [-0.4, -0.2) is 25.7 Å². The standard InChI is InChI=1S/C7H5N3O3/c11-6-5-3-4(7(12)13)9-10(5)2-1-8-6/h1-3H,(H,8,11)(H,12,13). The Morgan fingerprint density at radius 2 is 2.38 bits per heavy atom. The molecule has 0 aliphatic rings. The Hall–Kier alpha value is -2.11. The Bertz CT molecular complexity index is 525. The number of H-pyrrole nitrogens is 1. The van der Waals surface area contributed by atoms with Crippen molar-refractivity contribution in [3.8, 4) is 0 Å². The molecule has 0 spiro atoms. The maximum Gasteiger partial charge on any atom is 0.356 e. The van der Waals surface area contributed by atoms with Gasteiger partial charge in [0.15, 0.2) is 5.69 Å². The van der Waals surface area contributed by atoms with Crippen LogP contribution in [0.25, 0.3) is 5.52 Å². The second-order valence-electron chi connectivity index (χ2n) is 2.45. The van der Waals surface area contributed by atoms with Crippen LogP contribution in [0.2, 0.25) is 0 Å². The number of carboxylic acid groups (broad SMARTS) is 1. The summed E-state index contributed by atoms with van der Waals surface area (Å²) in [5.41, 5.74) is -0.279. The molecule has 2 heterocycles. The lowest BCUT2D eigenvalue weighted by molar-refractivity contribution is 0.0690. The molecular weight excluding hydrogens is 174 g/mol. The molecule has 6 heteroatoms. The van der Waals surface area contributed by atoms with Gasteiger partial charge < -0.3 is 10.1 Å². The van der Waals surface area contributed by atoms with Crippen LogP contribution in [0.15, 0.2) is 23.3 Å². The zero-order chi connectivity index (χ0) is 9.42. The van der Waals surface area contributed by atoms with Gasteiger partial charge in [0.05, 0.1) is 0 Å². The van der Waals surface area contributed by atoms with E-state index in [0.717, 1.165) is 0 Å². The predicted molar refractivity (Wildman–Crippen MR) is 42.8 cm³/mol. The highest BCUT2D eigenvalue weighted by Crippen LogP contribution is 1.99. The van der Waals surface area contributed by atoms with Gasteiger partial charge in [-0.15, -0.1) is 0 Å². The zero-order valence-corrected chi connectivity index (χ0v) is 6.39. The van der Waals surface area contributed by atoms with Crippen molar-refractivity contribution in [3.05, 3.63) is 34.5 Å². The molecule has 13 heavy (non-hydrogen) atoms. The van der Waals surface area contributed by atoms with Gasteiger partial charge in [-0.25, -0.2) is 9.31 Å². The highest BCUT2D eigenvalue weighted by Gasteiger charge is 2.09. The highest BCUT2D eigenvalue weighted by atomic mass is 16.4. The molecule has 0 radical (unpaired) electrons. The summed E-state index contributed by atoms with van der Waals surface area (Å²) in [4.78, 5) is 24.0. The smallest absolute Gasteiger partial charge is 0.356 e. The second-order valence-corrected chi connectivity index (χ2v) is 2.45. The van der Waals surface area contributed by atoms with Crippen molar-refractivity contribution in [1.82, 2.24) is 14.6 Å². The molecule has 0 unspecified atom stereocenters. The van der Waals surface area contributed by atoms with E-state index >= 15 is 0 Å². The van der Waals surface area contributed by atoms with E-state index in [2.05, 4.69) is 10.1 Å². The first-order valence-corrected chi connectivity index (χ1v) is 3.49. The van der Waals surface area contributed by atoms with Gasteiger partial charge in [-0.05, 0) is 0 Å². The molecule has 0 fully saturated rings. The summed E-state index contributed by atoms with van der Waals surface area (Å²) in [6.07, 6.45) is 2.87. The Kier molecular flexibility index (Phi) is 1.42. The summed E-state index contributed by atoms with van der Waals surface area (Å²) in [6, 6.07) is 1.22. The number of aromatic carboxylic acids is 1. The molecule has 0 saturated heterocycles. The van der Waals surface area contributed by atoms with E-state index in [1.807, 2.05) is 0 Å². The van der Waals surface area contributed by atoms with Crippen LogP contribution < -0.4 is 5.56 Å². The van der Waals surface area contributed by atoms with Gasteiger partial charge in [0.1, 0.15) is 5.52 Å². The number of carboxylic acids is 1. The van der Waals surface area contributed by atoms with E-state index in [4.69, 9.17) is 5.11 Å². The van der Waals surface area contributed by atoms with Gasteiger partial charge in [0.25, 0.3) is 5.56 Å². The van der Waals surface area contributed by atoms with E-state index in [1.165, 1.54) is 23.0 Å². The number of aromatic amines is 1. The van der Waals surface area contributed by atoms with Gasteiger partial charge >= 0.3 is 5.97 Å². The van der Waals surface area contributed by atoms with Gasteiger partial charge in [0, 0.05) is 18.5 Å². The minimum absolute atomic E-state index is 0.142. The van der Waals surface area contributed by atoms with E-state index in [1.54, 1.807) is 0 Å². The molecule has 0 amide bonds. The van der Waals surface area contributed by atoms with E-state index < -0.39 is 5.97 Å². The number of hydrogen-bond acceptors (Lipinski definition) is 3. The van der Waals surface area contributed by atoms with Crippen molar-refractivity contribution in [3.63, 3.8) is 0 Å². The third kappa shape index (κ3) is 1.08. The number of nitrogens with zero attached hydrogens (tertiary/aromatic N) is 2. The molecule has 2 rings (SSSR count). The van der Waals surface area contributed by atoms with Crippen molar-refractivity contribution in [2.24, 2.45) is 0 Å². The lowest BCUT2D eigenvalue weighted by Gasteiger charge is -1.87. The normalized spacial score (nSPS) is 10.5. The number of aromatic nitrogens is 3. The molecular formula is C7H5N3O3. The molecule has 0 aliphatic heterocycles. The molecule has 2 aromatic rings. The molecule has 0 aliphatic carbocycles. The Morgan fingerprint density at radius 1 is 1.62 bits per heavy atom. The van der Waals surface area contributed by atoms with Crippen molar-refractivity contribution >= 4 is 11.5 Å². The lowest BCUT2D eigenvalue weighted by atomic mass is 10.4. The van der Waals surface area contributed by atoms with E-state index in [9.17, 15) is 9.59 Å². The number of hydrogen-bond donors (Lipinski definition) is 2. The third-order valence-corrected chi connectivity index (χ3v) is 1.62. The summed E-state index contributed by atoms with van der Waals surface area (Å²) in [7, 11) is 0. The van der Waals surface area contributed by atoms with Crippen LogP contribution in [0, 0.1) is 0 Å². The molecule has 0 aromatic carbocycles. The fourth-order valence-electron chi connectivity index (χ4n) is 1.04. The molecule has 66 valence electrons. The SMILES string of the molecule is O=C(O)c1cc2c(=O)[nH]ccn2n1. The Labute approximate surface area is 71.4 Å². The molecule has 2 N–H and O–H groups in total. The van der Waals surface area contributed by atoms with E-state index in [-0.39, 0.29) is 16.8 Å². The summed E-state index contributed by atoms with van der Waals surface area (Å²) < 4.78 is 1.22. The van der Waals surface area contributed by atoms with Crippen molar-refractivity contribution in [1.29, 1.82) is 0 Å². The molecule has 0 atom stereocenters. The second kappa shape index (κ2) is 2.44. The summed E-state index contributed by atoms with van der Waals surface area (Å²) in [6.45, 7) is 0. The molecule has 2 aromatic heterocycles. The van der Waals surface area contributed by atoms with Crippen LogP contribution in [0.1, 0.15) is 10.5 Å². The average molecular weight is 179 g/mol. The molecule has 0 saturated carbocycles. The van der Waals surface area contributed by atoms with Crippen LogP contribution >= 0.6 is 0 Å². The topological polar surface area (TPSA) is 87.5 Å². The Morgan fingerprint density at radius 3 is 3.00 bits per heavy atom. The predicted octanol–water partition coefficient (Wildman–Crippen LogP) is -0.279. The number of rotatable bonds is 1. The zero-order valence-electron chi connectivity index (χ0n) is 6.39. The van der Waals surface area contributed by atoms with Crippen molar-refractivity contribution < 1.29 is 9.90 Å². The quantitative estimate of drug-likeness (QED) is 0.630. The first kappa shape index (κ1) is 7.53. The largest absolute Gasteiger partial charge is 0.476 e. The number of fused-ring (bicyclic) bond motifs is 1. The fraction of sp³-hybridized carbons (Fsp3) is 0. The maximum atomic E-state index is 11.1. The monoisotopic (exact) mass is 179 g/mol. The maximum absolute atomic E-state index is 11.1. The Balaban J connectivity index is 2.83. The first-order chi connectivity index (χ1) is 6.18. The van der Waals surface area contributed by atoms with Gasteiger partial charge in [-0.1, -0.05) is 0 Å². The van der Waals surface area contributed by atoms with Gasteiger partial charge in [-0.2, -0.15) is 5.10 Å². The third-order valence-electron chi connectivity index (χ3n) is 1.62. The molecule has 6 nitrogen and oxygen atoms in total. The van der Waals surface area contributed by atoms with Crippen LogP contribution in [0.5, 0.6) is 0 Å². The summed E-state index contributed by atoms with van der Waals surface area (Å²) in [5, 5.41) is 12.3. The number of carbonyl (C=O) groups is 1. The fourth-order valence-corrected chi connectivity index (χ4v) is 1.04. The summed E-state index contributed by atoms with van der Waals surface area (Å²) in [5.74, 6) is -1.15. The first-order valence-electron chi connectivity index (χ1n) is 3.49. The number of nitrogens with one attached hydrogen (secondary N) is 1. The lowest BCUT2D eigenvalue weighted by Crippen LogP contribution is -2.07. The van der Waals surface area contributed by atoms with Crippen LogP contribution in [0.3, 0.4) is 0 Å². The minimum Gasteiger partial charge on any atom is -0.476 e. The van der Waals surface area contributed by atoms with Gasteiger partial charge in [-0.3, -0.25) is 4.79 Å². The van der Waals surface area contributed by atoms with Crippen molar-refractivity contribution in [2.45, 2.75) is 0 Å². The van der Waals surface area contributed by atoms with Gasteiger partial charge in [0.2, 0.25) is 0 Å². The van der Waals surface area contributed by atoms with Crippen LogP contribution in [-0.2, 0) is 0 Å². The average Bonchev–Trinajstić information content (AvgIpc) is 2.49. The highest BCUT2D eigenvalue weighted by molar-refractivity contribution is 5.86. The van der Waals surface area contributed by atoms with Crippen LogP contribution in [0.4, 0.5) is 0 Å². The van der Waals surface area contributed by atoms with Crippen molar-refractivity contribution in [2.75, 3.05) is 0 Å². The summed E-state index contributed by atoms with van der Waals surface area (Å²) >= 11 is 0. The van der Waals surface area contributed by atoms with E-state index in [0.29, 0.717) is 0 Å².